The van der Waals surface area contributed by atoms with Crippen molar-refractivity contribution in [3.05, 3.63) is 51.2 Å². The van der Waals surface area contributed by atoms with Gasteiger partial charge in [0.25, 0.3) is 5.91 Å². The number of fused-ring (bicyclic) bond motifs is 1. The number of nitrogens with zero attached hydrogens (tertiary/aromatic N) is 2. The Morgan fingerprint density at radius 1 is 1.19 bits per heavy atom. The number of carbonyl (C=O) groups is 3. The monoisotopic (exact) mass is 455 g/mol. The summed E-state index contributed by atoms with van der Waals surface area (Å²) in [7, 11) is 0. The lowest BCUT2D eigenvalue weighted by molar-refractivity contribution is -0.136. The molecule has 2 saturated heterocycles. The van der Waals surface area contributed by atoms with Gasteiger partial charge in [-0.05, 0) is 24.1 Å². The van der Waals surface area contributed by atoms with Crippen molar-refractivity contribution in [3.8, 4) is 5.75 Å². The molecule has 4 heterocycles. The van der Waals surface area contributed by atoms with Crippen LogP contribution in [0.2, 0.25) is 0 Å². The molecule has 0 aliphatic carbocycles. The summed E-state index contributed by atoms with van der Waals surface area (Å²) in [5.74, 6) is -0.0240. The van der Waals surface area contributed by atoms with E-state index in [-0.39, 0.29) is 18.2 Å². The van der Waals surface area contributed by atoms with Gasteiger partial charge in [-0.1, -0.05) is 12.1 Å². The third-order valence-electron chi connectivity index (χ3n) is 6.17. The maximum atomic E-state index is 12.9. The van der Waals surface area contributed by atoms with Gasteiger partial charge < -0.3 is 14.4 Å². The van der Waals surface area contributed by atoms with E-state index in [4.69, 9.17) is 9.47 Å². The number of imide groups is 1. The molecule has 1 N–H and O–H groups in total. The van der Waals surface area contributed by atoms with Gasteiger partial charge in [-0.3, -0.25) is 24.6 Å². The summed E-state index contributed by atoms with van der Waals surface area (Å²) in [6.45, 7) is 5.03. The zero-order valence-corrected chi connectivity index (χ0v) is 18.5. The first-order chi connectivity index (χ1) is 15.6. The van der Waals surface area contributed by atoms with E-state index in [1.54, 1.807) is 4.90 Å². The van der Waals surface area contributed by atoms with Gasteiger partial charge in [-0.25, -0.2) is 0 Å². The van der Waals surface area contributed by atoms with Gasteiger partial charge in [0, 0.05) is 48.4 Å². The Kier molecular flexibility index (Phi) is 5.95. The minimum absolute atomic E-state index is 0.149. The highest BCUT2D eigenvalue weighted by Gasteiger charge is 2.40. The van der Waals surface area contributed by atoms with Gasteiger partial charge in [0.2, 0.25) is 11.8 Å². The molecule has 1 atom stereocenters. The summed E-state index contributed by atoms with van der Waals surface area (Å²) < 4.78 is 11.5. The van der Waals surface area contributed by atoms with Gasteiger partial charge in [0.15, 0.2) is 0 Å². The lowest BCUT2D eigenvalue weighted by Crippen LogP contribution is -2.52. The van der Waals surface area contributed by atoms with Crippen LogP contribution in [0.15, 0.2) is 29.6 Å². The predicted octanol–water partition coefficient (Wildman–Crippen LogP) is 1.92. The molecule has 3 aliphatic rings. The summed E-state index contributed by atoms with van der Waals surface area (Å²) in [5.41, 5.74) is 2.76. The molecule has 2 aromatic rings. The van der Waals surface area contributed by atoms with Gasteiger partial charge in [0.05, 0.1) is 18.8 Å². The number of hydrogen-bond acceptors (Lipinski definition) is 7. The molecule has 3 amide bonds. The summed E-state index contributed by atoms with van der Waals surface area (Å²) in [4.78, 5) is 41.4. The molecule has 3 aliphatic heterocycles. The Balaban J connectivity index is 1.23. The van der Waals surface area contributed by atoms with Crippen LogP contribution >= 0.6 is 11.3 Å². The van der Waals surface area contributed by atoms with Crippen LogP contribution in [0.1, 0.15) is 39.2 Å². The second kappa shape index (κ2) is 9.01. The second-order valence-corrected chi connectivity index (χ2v) is 9.24. The highest BCUT2D eigenvalue weighted by atomic mass is 32.1. The summed E-state index contributed by atoms with van der Waals surface area (Å²) in [6.07, 6.45) is 0.621. The number of amides is 3. The highest BCUT2D eigenvalue weighted by molar-refractivity contribution is 7.10. The fraction of sp³-hybridized carbons (Fsp3) is 0.435. The number of benzene rings is 1. The van der Waals surface area contributed by atoms with E-state index in [1.807, 2.05) is 17.5 Å². The molecule has 0 radical (unpaired) electrons. The molecular formula is C23H25N3O5S. The largest absolute Gasteiger partial charge is 0.488 e. The van der Waals surface area contributed by atoms with E-state index in [0.29, 0.717) is 25.1 Å². The SMILES string of the molecule is O=C1CC[C@H](N2Cc3c(csc3COc3cccc(CN4CCOCC4)c3)C2=O)C(=O)N1. The zero-order valence-electron chi connectivity index (χ0n) is 17.7. The zero-order chi connectivity index (χ0) is 22.1. The molecule has 2 fully saturated rings. The molecule has 32 heavy (non-hydrogen) atoms. The number of carbonyl (C=O) groups excluding carboxylic acids is 3. The van der Waals surface area contributed by atoms with E-state index in [2.05, 4.69) is 22.3 Å². The van der Waals surface area contributed by atoms with Crippen molar-refractivity contribution in [2.45, 2.75) is 38.6 Å². The van der Waals surface area contributed by atoms with E-state index < -0.39 is 11.9 Å². The quantitative estimate of drug-likeness (QED) is 0.670. The van der Waals surface area contributed by atoms with E-state index >= 15 is 0 Å². The minimum Gasteiger partial charge on any atom is -0.488 e. The van der Waals surface area contributed by atoms with E-state index in [1.165, 1.54) is 16.9 Å². The molecule has 1 aromatic heterocycles. The normalized spacial score (nSPS) is 21.6. The first-order valence-electron chi connectivity index (χ1n) is 10.8. The third kappa shape index (κ3) is 4.28. The van der Waals surface area contributed by atoms with Gasteiger partial charge in [-0.2, -0.15) is 0 Å². The lowest BCUT2D eigenvalue weighted by atomic mass is 10.0. The number of piperidine rings is 1. The van der Waals surface area contributed by atoms with Crippen LogP contribution in [0, 0.1) is 0 Å². The first-order valence-corrected chi connectivity index (χ1v) is 11.7. The maximum Gasteiger partial charge on any atom is 0.256 e. The Bertz CT molecular complexity index is 1050. The molecule has 9 heteroatoms. The minimum atomic E-state index is -0.594. The molecule has 0 saturated carbocycles. The number of ether oxygens (including phenoxy) is 2. The van der Waals surface area contributed by atoms with Crippen molar-refractivity contribution >= 4 is 29.1 Å². The topological polar surface area (TPSA) is 88.2 Å². The average Bonchev–Trinajstić information content (AvgIpc) is 3.33. The van der Waals surface area contributed by atoms with Gasteiger partial charge >= 0.3 is 0 Å². The summed E-state index contributed by atoms with van der Waals surface area (Å²) in [5, 5.41) is 4.18. The average molecular weight is 456 g/mol. The molecule has 0 bridgehead atoms. The molecule has 0 spiro atoms. The Hall–Kier alpha value is -2.75. The smallest absolute Gasteiger partial charge is 0.256 e. The molecule has 0 unspecified atom stereocenters. The van der Waals surface area contributed by atoms with E-state index in [0.717, 1.165) is 49.0 Å². The summed E-state index contributed by atoms with van der Waals surface area (Å²) >= 11 is 1.51. The van der Waals surface area contributed by atoms with Crippen LogP contribution in [0.5, 0.6) is 5.75 Å². The Morgan fingerprint density at radius 2 is 2.03 bits per heavy atom. The van der Waals surface area contributed by atoms with Crippen LogP contribution in [0.25, 0.3) is 0 Å². The predicted molar refractivity (Wildman–Crippen MR) is 117 cm³/mol. The molecule has 5 rings (SSSR count). The lowest BCUT2D eigenvalue weighted by Gasteiger charge is -2.29. The molecule has 1 aromatic carbocycles. The van der Waals surface area contributed by atoms with Gasteiger partial charge in [-0.15, -0.1) is 11.3 Å². The van der Waals surface area contributed by atoms with Crippen molar-refractivity contribution in [1.82, 2.24) is 15.1 Å². The fourth-order valence-electron chi connectivity index (χ4n) is 4.42. The number of nitrogens with one attached hydrogen (secondary N) is 1. The van der Waals surface area contributed by atoms with Crippen LogP contribution in [-0.4, -0.2) is 59.9 Å². The maximum absolute atomic E-state index is 12.9. The van der Waals surface area contributed by atoms with Crippen molar-refractivity contribution in [3.63, 3.8) is 0 Å². The molecule has 168 valence electrons. The van der Waals surface area contributed by atoms with Crippen molar-refractivity contribution < 1.29 is 23.9 Å². The van der Waals surface area contributed by atoms with Gasteiger partial charge in [0.1, 0.15) is 18.4 Å². The fourth-order valence-corrected chi connectivity index (χ4v) is 5.37. The van der Waals surface area contributed by atoms with Crippen molar-refractivity contribution in [2.24, 2.45) is 0 Å². The first kappa shape index (κ1) is 21.1. The summed E-state index contributed by atoms with van der Waals surface area (Å²) in [6, 6.07) is 7.50. The Morgan fingerprint density at radius 3 is 2.84 bits per heavy atom. The third-order valence-corrected chi connectivity index (χ3v) is 7.17. The van der Waals surface area contributed by atoms with Crippen LogP contribution in [-0.2, 0) is 34.0 Å². The Labute approximate surface area is 190 Å². The molecule has 8 nitrogen and oxygen atoms in total. The van der Waals surface area contributed by atoms with Crippen LogP contribution in [0.4, 0.5) is 0 Å². The van der Waals surface area contributed by atoms with Crippen molar-refractivity contribution in [2.75, 3.05) is 26.3 Å². The number of morpholine rings is 1. The van der Waals surface area contributed by atoms with Crippen LogP contribution in [0.3, 0.4) is 0 Å². The number of hydrogen-bond donors (Lipinski definition) is 1. The van der Waals surface area contributed by atoms with Crippen LogP contribution < -0.4 is 10.1 Å². The molecular weight excluding hydrogens is 430 g/mol. The standard InChI is InChI=1S/C23H25N3O5S/c27-21-5-4-19(22(28)24-21)26-12-17-18(23(26)29)14-32-20(17)13-31-16-3-1-2-15(10-16)11-25-6-8-30-9-7-25/h1-3,10,14,19H,4-9,11-13H2,(H,24,27,28)/t19-/m0/s1. The highest BCUT2D eigenvalue weighted by Crippen LogP contribution is 2.34. The number of thiophene rings is 1. The second-order valence-electron chi connectivity index (χ2n) is 8.28. The van der Waals surface area contributed by atoms with E-state index in [9.17, 15) is 14.4 Å². The van der Waals surface area contributed by atoms with Crippen molar-refractivity contribution in [1.29, 1.82) is 0 Å². The number of rotatable bonds is 6.